The van der Waals surface area contributed by atoms with Crippen LogP contribution in [0.1, 0.15) is 15.9 Å². The molecule has 1 aliphatic heterocycles. The monoisotopic (exact) mass is 293 g/mol. The number of nitrogens with one attached hydrogen (secondary N) is 1. The van der Waals surface area contributed by atoms with Gasteiger partial charge in [0.15, 0.2) is 0 Å². The first-order valence-electron chi connectivity index (χ1n) is 6.87. The van der Waals surface area contributed by atoms with Gasteiger partial charge in [-0.3, -0.25) is 9.59 Å². The van der Waals surface area contributed by atoms with Crippen molar-refractivity contribution in [3.05, 3.63) is 59.7 Å². The molecule has 0 fully saturated rings. The van der Waals surface area contributed by atoms with Crippen LogP contribution in [0.25, 0.3) is 0 Å². The summed E-state index contributed by atoms with van der Waals surface area (Å²) in [5, 5.41) is 2.78. The van der Waals surface area contributed by atoms with Gasteiger partial charge < -0.3 is 10.2 Å². The second-order valence-corrected chi connectivity index (χ2v) is 5.21. The highest BCUT2D eigenvalue weighted by atomic mass is 16.2. The molecule has 2 aromatic carbocycles. The van der Waals surface area contributed by atoms with Crippen LogP contribution in [0, 0.1) is 0 Å². The molecule has 2 aromatic rings. The predicted octanol–water partition coefficient (Wildman–Crippen LogP) is 2.46. The summed E-state index contributed by atoms with van der Waals surface area (Å²) in [7, 11) is 3.41. The van der Waals surface area contributed by atoms with Gasteiger partial charge in [0.2, 0.25) is 0 Å². The quantitative estimate of drug-likeness (QED) is 0.924. The lowest BCUT2D eigenvalue weighted by Crippen LogP contribution is -2.21. The van der Waals surface area contributed by atoms with Crippen LogP contribution < -0.4 is 5.32 Å². The number of fused-ring (bicyclic) bond motifs is 1. The van der Waals surface area contributed by atoms with Gasteiger partial charge in [-0.1, -0.05) is 18.2 Å². The molecule has 1 heterocycles. The third kappa shape index (κ3) is 2.48. The largest absolute Gasteiger partial charge is 0.345 e. The first kappa shape index (κ1) is 14.0. The topological polar surface area (TPSA) is 61.8 Å². The Kier molecular flexibility index (Phi) is 3.47. The van der Waals surface area contributed by atoms with E-state index in [1.165, 1.54) is 4.90 Å². The zero-order valence-electron chi connectivity index (χ0n) is 12.3. The van der Waals surface area contributed by atoms with Crippen molar-refractivity contribution in [3.8, 4) is 0 Å². The zero-order valence-corrected chi connectivity index (χ0v) is 12.3. The Morgan fingerprint density at radius 1 is 1.05 bits per heavy atom. The normalized spacial score (nSPS) is 14.6. The first-order valence-corrected chi connectivity index (χ1v) is 6.87. The molecule has 1 aliphatic rings. The van der Waals surface area contributed by atoms with E-state index in [9.17, 15) is 9.59 Å². The zero-order chi connectivity index (χ0) is 15.7. The molecule has 0 aliphatic carbocycles. The molecule has 0 spiro atoms. The van der Waals surface area contributed by atoms with Gasteiger partial charge >= 0.3 is 0 Å². The van der Waals surface area contributed by atoms with Crippen molar-refractivity contribution in [3.63, 3.8) is 0 Å². The number of benzene rings is 2. The Balaban J connectivity index is 1.93. The van der Waals surface area contributed by atoms with Crippen LogP contribution in [-0.2, 0) is 4.79 Å². The number of carbonyl (C=O) groups is 2. The number of hydrogen-bond donors (Lipinski definition) is 1. The molecule has 22 heavy (non-hydrogen) atoms. The van der Waals surface area contributed by atoms with Crippen molar-refractivity contribution >= 4 is 28.9 Å². The van der Waals surface area contributed by atoms with E-state index >= 15 is 0 Å². The molecule has 0 saturated heterocycles. The second-order valence-electron chi connectivity index (χ2n) is 5.21. The van der Waals surface area contributed by atoms with Crippen molar-refractivity contribution in [2.45, 2.75) is 0 Å². The Hall–Kier alpha value is -2.95. The van der Waals surface area contributed by atoms with Gasteiger partial charge in [-0.15, -0.1) is 0 Å². The van der Waals surface area contributed by atoms with Crippen LogP contribution in [-0.4, -0.2) is 36.5 Å². The maximum Gasteiger partial charge on any atom is 0.275 e. The molecule has 0 bridgehead atoms. The maximum absolute atomic E-state index is 12.0. The lowest BCUT2D eigenvalue weighted by Gasteiger charge is -2.09. The number of hydrogen-bond acceptors (Lipinski definition) is 3. The second kappa shape index (κ2) is 5.44. The standard InChI is InChI=1S/C17H15N3O2/c1-20(2)17(22)11-7-9-12(10-8-11)18-15-13-5-3-4-6-14(13)19-16(15)21/h3-10H,1-2H3,(H,18,19,21). The highest BCUT2D eigenvalue weighted by molar-refractivity contribution is 6.54. The molecule has 1 N–H and O–H groups in total. The fourth-order valence-electron chi connectivity index (χ4n) is 2.28. The predicted molar refractivity (Wildman–Crippen MR) is 85.7 cm³/mol. The van der Waals surface area contributed by atoms with Crippen LogP contribution in [0.4, 0.5) is 11.4 Å². The van der Waals surface area contributed by atoms with E-state index in [1.807, 2.05) is 24.3 Å². The molecule has 5 nitrogen and oxygen atoms in total. The number of carbonyl (C=O) groups excluding carboxylic acids is 2. The summed E-state index contributed by atoms with van der Waals surface area (Å²) >= 11 is 0. The summed E-state index contributed by atoms with van der Waals surface area (Å²) in [6.07, 6.45) is 0. The highest BCUT2D eigenvalue weighted by Crippen LogP contribution is 2.25. The summed E-state index contributed by atoms with van der Waals surface area (Å²) in [6, 6.07) is 14.3. The minimum atomic E-state index is -0.213. The molecule has 0 aromatic heterocycles. The van der Waals surface area contributed by atoms with Crippen LogP contribution in [0.5, 0.6) is 0 Å². The van der Waals surface area contributed by atoms with Crippen molar-refractivity contribution in [2.24, 2.45) is 4.99 Å². The first-order chi connectivity index (χ1) is 10.6. The van der Waals surface area contributed by atoms with Crippen molar-refractivity contribution in [1.29, 1.82) is 0 Å². The maximum atomic E-state index is 12.0. The van der Waals surface area contributed by atoms with Crippen molar-refractivity contribution < 1.29 is 9.59 Å². The van der Waals surface area contributed by atoms with E-state index in [1.54, 1.807) is 38.4 Å². The molecule has 2 amide bonds. The van der Waals surface area contributed by atoms with Crippen LogP contribution in [0.3, 0.4) is 0 Å². The van der Waals surface area contributed by atoms with E-state index in [4.69, 9.17) is 0 Å². The Morgan fingerprint density at radius 2 is 1.73 bits per heavy atom. The van der Waals surface area contributed by atoms with Gasteiger partial charge in [-0.05, 0) is 30.3 Å². The summed E-state index contributed by atoms with van der Waals surface area (Å²) in [5.41, 5.74) is 3.18. The van der Waals surface area contributed by atoms with Crippen LogP contribution >= 0.6 is 0 Å². The molecule has 0 atom stereocenters. The highest BCUT2D eigenvalue weighted by Gasteiger charge is 2.25. The average Bonchev–Trinajstić information content (AvgIpc) is 2.83. The van der Waals surface area contributed by atoms with E-state index in [2.05, 4.69) is 10.3 Å². The molecule has 110 valence electrons. The number of rotatable bonds is 2. The summed E-state index contributed by atoms with van der Waals surface area (Å²) in [4.78, 5) is 29.8. The van der Waals surface area contributed by atoms with Gasteiger partial charge in [0.1, 0.15) is 5.71 Å². The smallest absolute Gasteiger partial charge is 0.275 e. The molecule has 0 unspecified atom stereocenters. The van der Waals surface area contributed by atoms with Gasteiger partial charge in [0, 0.05) is 25.2 Å². The van der Waals surface area contributed by atoms with E-state index in [0.29, 0.717) is 17.0 Å². The summed E-state index contributed by atoms with van der Waals surface area (Å²) < 4.78 is 0. The number of aliphatic imine (C=N–C) groups is 1. The molecule has 0 radical (unpaired) electrons. The molecule has 3 rings (SSSR count). The molecule has 5 heteroatoms. The van der Waals surface area contributed by atoms with Crippen molar-refractivity contribution in [2.75, 3.05) is 19.4 Å². The fraction of sp³-hybridized carbons (Fsp3) is 0.118. The van der Waals surface area contributed by atoms with Crippen LogP contribution in [0.15, 0.2) is 53.5 Å². The Bertz CT molecular complexity index is 777. The van der Waals surface area contributed by atoms with Gasteiger partial charge in [0.25, 0.3) is 11.8 Å². The molecular weight excluding hydrogens is 278 g/mol. The fourth-order valence-corrected chi connectivity index (χ4v) is 2.28. The van der Waals surface area contributed by atoms with Crippen LogP contribution in [0.2, 0.25) is 0 Å². The molecular formula is C17H15N3O2. The number of anilines is 1. The number of para-hydroxylation sites is 1. The minimum absolute atomic E-state index is 0.0665. The average molecular weight is 293 g/mol. The van der Waals surface area contributed by atoms with E-state index < -0.39 is 0 Å². The Labute approximate surface area is 128 Å². The van der Waals surface area contributed by atoms with Crippen molar-refractivity contribution in [1.82, 2.24) is 4.90 Å². The SMILES string of the molecule is CN(C)C(=O)c1ccc(N=C2C(=O)Nc3ccccc32)cc1. The summed E-state index contributed by atoms with van der Waals surface area (Å²) in [6.45, 7) is 0. The number of nitrogens with zero attached hydrogens (tertiary/aromatic N) is 2. The van der Waals surface area contributed by atoms with E-state index in [-0.39, 0.29) is 11.8 Å². The van der Waals surface area contributed by atoms with Gasteiger partial charge in [-0.25, -0.2) is 4.99 Å². The lowest BCUT2D eigenvalue weighted by molar-refractivity contribution is -0.110. The summed E-state index contributed by atoms with van der Waals surface area (Å²) in [5.74, 6) is -0.280. The number of amides is 2. The van der Waals surface area contributed by atoms with Gasteiger partial charge in [-0.2, -0.15) is 0 Å². The minimum Gasteiger partial charge on any atom is -0.345 e. The lowest BCUT2D eigenvalue weighted by atomic mass is 10.1. The molecule has 0 saturated carbocycles. The van der Waals surface area contributed by atoms with Gasteiger partial charge in [0.05, 0.1) is 11.4 Å². The Morgan fingerprint density at radius 3 is 2.41 bits per heavy atom. The third-order valence-corrected chi connectivity index (χ3v) is 3.41. The van der Waals surface area contributed by atoms with E-state index in [0.717, 1.165) is 11.3 Å². The third-order valence-electron chi connectivity index (χ3n) is 3.41.